The minimum atomic E-state index is -4.53. The van der Waals surface area contributed by atoms with E-state index in [1.165, 1.54) is 17.1 Å². The molecule has 0 saturated carbocycles. The van der Waals surface area contributed by atoms with Crippen LogP contribution in [-0.4, -0.2) is 21.0 Å². The summed E-state index contributed by atoms with van der Waals surface area (Å²) in [4.78, 5) is 8.97. The maximum absolute atomic E-state index is 12.7. The van der Waals surface area contributed by atoms with Crippen LogP contribution in [0.2, 0.25) is 10.0 Å². The van der Waals surface area contributed by atoms with E-state index < -0.39 is 11.7 Å². The van der Waals surface area contributed by atoms with Gasteiger partial charge < -0.3 is 4.84 Å². The fourth-order valence-electron chi connectivity index (χ4n) is 2.11. The molecule has 140 valence electrons. The van der Waals surface area contributed by atoms with Crippen molar-refractivity contribution in [1.82, 2.24) is 14.8 Å². The minimum Gasteiger partial charge on any atom is -0.391 e. The molecule has 0 saturated heterocycles. The van der Waals surface area contributed by atoms with Gasteiger partial charge >= 0.3 is 6.18 Å². The lowest BCUT2D eigenvalue weighted by molar-refractivity contribution is -0.137. The molecular formula is C17H11Cl2F3N4O. The maximum Gasteiger partial charge on any atom is 0.417 e. The molecular weight excluding hydrogens is 404 g/mol. The molecule has 0 atom stereocenters. The topological polar surface area (TPSA) is 52.3 Å². The molecule has 0 spiro atoms. The molecule has 27 heavy (non-hydrogen) atoms. The van der Waals surface area contributed by atoms with Crippen molar-refractivity contribution in [2.24, 2.45) is 5.16 Å². The molecule has 0 aliphatic rings. The molecule has 0 amide bonds. The van der Waals surface area contributed by atoms with Crippen LogP contribution in [0.15, 0.2) is 53.9 Å². The number of nitrogens with zero attached hydrogens (tertiary/aromatic N) is 4. The standard InChI is InChI=1S/C17H11Cl2F3N4O/c18-13-3-1-11(2-4-13)10-27-25-9-14-5-6-24-26(14)16-15(19)7-12(8-23-16)17(20,21)22/h1-9H,10H2/b25-9+. The van der Waals surface area contributed by atoms with Crippen molar-refractivity contribution in [3.05, 3.63) is 75.7 Å². The van der Waals surface area contributed by atoms with Crippen molar-refractivity contribution >= 4 is 29.4 Å². The lowest BCUT2D eigenvalue weighted by Crippen LogP contribution is -2.09. The van der Waals surface area contributed by atoms with Crippen molar-refractivity contribution < 1.29 is 18.0 Å². The summed E-state index contributed by atoms with van der Waals surface area (Å²) in [6.07, 6.45) is -1.03. The normalized spacial score (nSPS) is 11.9. The summed E-state index contributed by atoms with van der Waals surface area (Å²) in [5.41, 5.74) is 0.364. The molecule has 3 rings (SSSR count). The third kappa shape index (κ3) is 4.78. The summed E-state index contributed by atoms with van der Waals surface area (Å²) in [7, 11) is 0. The molecule has 0 aliphatic carbocycles. The zero-order valence-electron chi connectivity index (χ0n) is 13.5. The summed E-state index contributed by atoms with van der Waals surface area (Å²) in [5, 5.41) is 8.28. The van der Waals surface area contributed by atoms with E-state index in [0.717, 1.165) is 11.6 Å². The summed E-state index contributed by atoms with van der Waals surface area (Å²) in [5.74, 6) is 0.0498. The maximum atomic E-state index is 12.7. The SMILES string of the molecule is FC(F)(F)c1cnc(-n2nccc2/C=N/OCc2ccc(Cl)cc2)c(Cl)c1. The molecule has 2 aromatic heterocycles. The van der Waals surface area contributed by atoms with Gasteiger partial charge in [0, 0.05) is 11.2 Å². The van der Waals surface area contributed by atoms with E-state index in [0.29, 0.717) is 16.9 Å². The average Bonchev–Trinajstić information content (AvgIpc) is 3.07. The number of hydrogen-bond acceptors (Lipinski definition) is 4. The Labute approximate surface area is 162 Å². The van der Waals surface area contributed by atoms with Crippen molar-refractivity contribution in [2.45, 2.75) is 12.8 Å². The van der Waals surface area contributed by atoms with E-state index in [9.17, 15) is 13.2 Å². The number of oxime groups is 1. The zero-order chi connectivity index (χ0) is 19.4. The second-order valence-electron chi connectivity index (χ2n) is 5.33. The Hall–Kier alpha value is -2.58. The van der Waals surface area contributed by atoms with Gasteiger partial charge in [-0.1, -0.05) is 40.5 Å². The predicted octanol–water partition coefficient (Wildman–Crippen LogP) is 5.14. The van der Waals surface area contributed by atoms with Crippen LogP contribution < -0.4 is 0 Å². The van der Waals surface area contributed by atoms with Crippen LogP contribution in [-0.2, 0) is 17.6 Å². The first-order valence-electron chi connectivity index (χ1n) is 7.51. The van der Waals surface area contributed by atoms with E-state index in [1.54, 1.807) is 30.3 Å². The van der Waals surface area contributed by atoms with Gasteiger partial charge in [-0.3, -0.25) is 0 Å². The van der Waals surface area contributed by atoms with Crippen molar-refractivity contribution in [3.8, 4) is 5.82 Å². The summed E-state index contributed by atoms with van der Waals surface area (Å²) < 4.78 is 39.4. The third-order valence-electron chi connectivity index (χ3n) is 3.43. The zero-order valence-corrected chi connectivity index (χ0v) is 15.0. The second kappa shape index (κ2) is 7.98. The Balaban J connectivity index is 1.73. The lowest BCUT2D eigenvalue weighted by Gasteiger charge is -2.10. The van der Waals surface area contributed by atoms with Gasteiger partial charge in [-0.25, -0.2) is 9.67 Å². The van der Waals surface area contributed by atoms with Crippen LogP contribution in [0.1, 0.15) is 16.8 Å². The molecule has 0 N–H and O–H groups in total. The van der Waals surface area contributed by atoms with Gasteiger partial charge in [0.1, 0.15) is 6.61 Å². The van der Waals surface area contributed by atoms with Gasteiger partial charge in [0.15, 0.2) is 5.82 Å². The minimum absolute atomic E-state index is 0.0498. The first-order chi connectivity index (χ1) is 12.8. The Kier molecular flexibility index (Phi) is 5.67. The Bertz CT molecular complexity index is 956. The van der Waals surface area contributed by atoms with E-state index >= 15 is 0 Å². The molecule has 0 fully saturated rings. The molecule has 1 aromatic carbocycles. The molecule has 0 radical (unpaired) electrons. The molecule has 3 aromatic rings. The summed E-state index contributed by atoms with van der Waals surface area (Å²) >= 11 is 11.7. The van der Waals surface area contributed by atoms with Crippen LogP contribution >= 0.6 is 23.2 Å². The highest BCUT2D eigenvalue weighted by molar-refractivity contribution is 6.32. The molecule has 0 aliphatic heterocycles. The number of hydrogen-bond donors (Lipinski definition) is 0. The first kappa shape index (κ1) is 19.2. The van der Waals surface area contributed by atoms with Crippen LogP contribution in [0.25, 0.3) is 5.82 Å². The highest BCUT2D eigenvalue weighted by atomic mass is 35.5. The van der Waals surface area contributed by atoms with Gasteiger partial charge in [0.2, 0.25) is 0 Å². The fraction of sp³-hybridized carbons (Fsp3) is 0.118. The van der Waals surface area contributed by atoms with E-state index in [-0.39, 0.29) is 17.4 Å². The predicted molar refractivity (Wildman–Crippen MR) is 95.2 cm³/mol. The Morgan fingerprint density at radius 1 is 1.15 bits per heavy atom. The third-order valence-corrected chi connectivity index (χ3v) is 3.96. The molecule has 0 unspecified atom stereocenters. The van der Waals surface area contributed by atoms with Crippen LogP contribution in [0.5, 0.6) is 0 Å². The van der Waals surface area contributed by atoms with Gasteiger partial charge in [0.25, 0.3) is 0 Å². The number of rotatable bonds is 5. The Morgan fingerprint density at radius 3 is 2.56 bits per heavy atom. The molecule has 2 heterocycles. The lowest BCUT2D eigenvalue weighted by atomic mass is 10.2. The molecule has 5 nitrogen and oxygen atoms in total. The highest BCUT2D eigenvalue weighted by Crippen LogP contribution is 2.31. The fourth-order valence-corrected chi connectivity index (χ4v) is 2.49. The van der Waals surface area contributed by atoms with Crippen molar-refractivity contribution in [1.29, 1.82) is 0 Å². The van der Waals surface area contributed by atoms with Crippen LogP contribution in [0.4, 0.5) is 13.2 Å². The second-order valence-corrected chi connectivity index (χ2v) is 6.17. The number of benzene rings is 1. The first-order valence-corrected chi connectivity index (χ1v) is 8.27. The van der Waals surface area contributed by atoms with Gasteiger partial charge in [0.05, 0.1) is 28.7 Å². The monoisotopic (exact) mass is 414 g/mol. The van der Waals surface area contributed by atoms with Crippen LogP contribution in [0.3, 0.4) is 0 Å². The number of pyridine rings is 1. The Morgan fingerprint density at radius 2 is 1.89 bits per heavy atom. The highest BCUT2D eigenvalue weighted by Gasteiger charge is 2.31. The quantitative estimate of drug-likeness (QED) is 0.428. The smallest absolute Gasteiger partial charge is 0.391 e. The molecule has 0 bridgehead atoms. The number of aromatic nitrogens is 3. The largest absolute Gasteiger partial charge is 0.417 e. The summed E-state index contributed by atoms with van der Waals surface area (Å²) in [6, 6.07) is 9.45. The van der Waals surface area contributed by atoms with E-state index in [2.05, 4.69) is 15.2 Å². The average molecular weight is 415 g/mol. The molecule has 10 heteroatoms. The number of alkyl halides is 3. The van der Waals surface area contributed by atoms with Crippen molar-refractivity contribution in [2.75, 3.05) is 0 Å². The van der Waals surface area contributed by atoms with E-state index in [4.69, 9.17) is 28.0 Å². The summed E-state index contributed by atoms with van der Waals surface area (Å²) in [6.45, 7) is 0.223. The van der Waals surface area contributed by atoms with E-state index in [1.807, 2.05) is 0 Å². The van der Waals surface area contributed by atoms with Gasteiger partial charge in [-0.2, -0.15) is 18.3 Å². The number of halogens is 5. The van der Waals surface area contributed by atoms with Gasteiger partial charge in [-0.05, 0) is 29.8 Å². The van der Waals surface area contributed by atoms with Gasteiger partial charge in [-0.15, -0.1) is 0 Å². The van der Waals surface area contributed by atoms with Crippen LogP contribution in [0, 0.1) is 0 Å². The van der Waals surface area contributed by atoms with Crippen molar-refractivity contribution in [3.63, 3.8) is 0 Å².